The summed E-state index contributed by atoms with van der Waals surface area (Å²) in [7, 11) is 0. The molecule has 0 N–H and O–H groups in total. The number of aromatic nitrogens is 1. The second-order valence-electron chi connectivity index (χ2n) is 4.86. The molecule has 0 bridgehead atoms. The van der Waals surface area contributed by atoms with E-state index in [-0.39, 0.29) is 0 Å². The number of hydrogen-bond donors (Lipinski definition) is 0. The third kappa shape index (κ3) is 2.79. The average Bonchev–Trinajstić information content (AvgIpc) is 2.42. The lowest BCUT2D eigenvalue weighted by Crippen LogP contribution is -1.95. The van der Waals surface area contributed by atoms with Gasteiger partial charge in [0.15, 0.2) is 0 Å². The van der Waals surface area contributed by atoms with Crippen molar-refractivity contribution in [3.63, 3.8) is 0 Å². The van der Waals surface area contributed by atoms with Gasteiger partial charge in [0.1, 0.15) is 0 Å². The average molecular weight is 239 g/mol. The number of pyridine rings is 1. The molecule has 1 aromatic carbocycles. The highest BCUT2D eigenvalue weighted by Crippen LogP contribution is 2.25. The smallest absolute Gasteiger partial charge is 0.0702 e. The monoisotopic (exact) mass is 239 g/mol. The van der Waals surface area contributed by atoms with Gasteiger partial charge in [-0.1, -0.05) is 44.2 Å². The van der Waals surface area contributed by atoms with Crippen molar-refractivity contribution >= 4 is 0 Å². The van der Waals surface area contributed by atoms with Crippen LogP contribution in [0.4, 0.5) is 0 Å². The first-order valence-corrected chi connectivity index (χ1v) is 6.77. The topological polar surface area (TPSA) is 12.9 Å². The maximum atomic E-state index is 4.46. The number of rotatable bonds is 4. The van der Waals surface area contributed by atoms with E-state index in [0.29, 0.717) is 5.92 Å². The van der Waals surface area contributed by atoms with Crippen LogP contribution in [0.2, 0.25) is 0 Å². The van der Waals surface area contributed by atoms with Crippen LogP contribution < -0.4 is 0 Å². The summed E-state index contributed by atoms with van der Waals surface area (Å²) in [6, 6.07) is 13.1. The quantitative estimate of drug-likeness (QED) is 0.734. The zero-order chi connectivity index (χ0) is 13.0. The normalized spacial score (nSPS) is 10.9. The maximum absolute atomic E-state index is 4.46. The highest BCUT2D eigenvalue weighted by molar-refractivity contribution is 5.59. The van der Waals surface area contributed by atoms with Gasteiger partial charge in [-0.25, -0.2) is 0 Å². The summed E-state index contributed by atoms with van der Waals surface area (Å²) in [6.07, 6.45) is 4.33. The first-order chi connectivity index (χ1) is 8.74. The van der Waals surface area contributed by atoms with E-state index in [4.69, 9.17) is 0 Å². The molecule has 0 atom stereocenters. The molecule has 0 amide bonds. The van der Waals surface area contributed by atoms with Gasteiger partial charge in [-0.3, -0.25) is 4.98 Å². The Kier molecular flexibility index (Phi) is 4.14. The van der Waals surface area contributed by atoms with Gasteiger partial charge < -0.3 is 0 Å². The summed E-state index contributed by atoms with van der Waals surface area (Å²) in [5.41, 5.74) is 4.89. The van der Waals surface area contributed by atoms with Crippen molar-refractivity contribution in [2.24, 2.45) is 0 Å². The lowest BCUT2D eigenvalue weighted by atomic mass is 9.93. The van der Waals surface area contributed by atoms with E-state index in [2.05, 4.69) is 62.2 Å². The predicted molar refractivity (Wildman–Crippen MR) is 77.7 cm³/mol. The molecule has 0 spiro atoms. The van der Waals surface area contributed by atoms with Crippen LogP contribution in [0.25, 0.3) is 11.3 Å². The van der Waals surface area contributed by atoms with E-state index < -0.39 is 0 Å². The van der Waals surface area contributed by atoms with Gasteiger partial charge in [0.2, 0.25) is 0 Å². The third-order valence-corrected chi connectivity index (χ3v) is 3.57. The Balaban J connectivity index is 2.24. The molecule has 0 aliphatic carbocycles. The molecule has 0 aliphatic rings. The second-order valence-corrected chi connectivity index (χ2v) is 4.86. The van der Waals surface area contributed by atoms with Crippen LogP contribution in [0.1, 0.15) is 43.7 Å². The lowest BCUT2D eigenvalue weighted by Gasteiger charge is -2.13. The Hall–Kier alpha value is -1.63. The zero-order valence-corrected chi connectivity index (χ0v) is 11.5. The molecule has 2 aromatic rings. The predicted octanol–water partition coefficient (Wildman–Crippen LogP) is 4.96. The second kappa shape index (κ2) is 5.81. The Labute approximate surface area is 110 Å². The summed E-state index contributed by atoms with van der Waals surface area (Å²) in [5, 5.41) is 0. The molecule has 1 aromatic heterocycles. The minimum atomic E-state index is 0.685. The Morgan fingerprint density at radius 3 is 2.11 bits per heavy atom. The van der Waals surface area contributed by atoms with Gasteiger partial charge in [-0.2, -0.15) is 0 Å². The van der Waals surface area contributed by atoms with E-state index in [0.717, 1.165) is 5.69 Å². The molecule has 1 heterocycles. The summed E-state index contributed by atoms with van der Waals surface area (Å²) < 4.78 is 0. The molecule has 1 heteroatoms. The molecule has 0 aliphatic heterocycles. The fourth-order valence-corrected chi connectivity index (χ4v) is 2.32. The van der Waals surface area contributed by atoms with Gasteiger partial charge in [-0.15, -0.1) is 0 Å². The summed E-state index contributed by atoms with van der Waals surface area (Å²) >= 11 is 0. The van der Waals surface area contributed by atoms with Crippen LogP contribution in [0.5, 0.6) is 0 Å². The van der Waals surface area contributed by atoms with E-state index in [1.165, 1.54) is 29.5 Å². The minimum Gasteiger partial charge on any atom is -0.256 e. The number of hydrogen-bond acceptors (Lipinski definition) is 1. The van der Waals surface area contributed by atoms with Gasteiger partial charge in [0, 0.05) is 11.8 Å². The highest BCUT2D eigenvalue weighted by Gasteiger charge is 2.07. The van der Waals surface area contributed by atoms with Crippen molar-refractivity contribution in [2.75, 3.05) is 0 Å². The Bertz CT molecular complexity index is 478. The van der Waals surface area contributed by atoms with Gasteiger partial charge in [-0.05, 0) is 42.9 Å². The summed E-state index contributed by atoms with van der Waals surface area (Å²) in [5.74, 6) is 0.685. The number of aryl methyl sites for hydroxylation is 1. The molecule has 94 valence electrons. The van der Waals surface area contributed by atoms with Crippen LogP contribution in [0, 0.1) is 6.92 Å². The maximum Gasteiger partial charge on any atom is 0.0702 e. The van der Waals surface area contributed by atoms with Crippen molar-refractivity contribution in [3.05, 3.63) is 53.7 Å². The SMILES string of the molecule is CCC(CC)c1ccc(-c2ccc(C)cn2)cc1. The van der Waals surface area contributed by atoms with Crippen LogP contribution in [-0.4, -0.2) is 4.98 Å². The molecule has 0 saturated heterocycles. The van der Waals surface area contributed by atoms with Crippen molar-refractivity contribution in [3.8, 4) is 11.3 Å². The third-order valence-electron chi connectivity index (χ3n) is 3.57. The molecule has 0 unspecified atom stereocenters. The number of benzene rings is 1. The molecule has 0 saturated carbocycles. The highest BCUT2D eigenvalue weighted by atomic mass is 14.7. The van der Waals surface area contributed by atoms with Gasteiger partial charge in [0.05, 0.1) is 5.69 Å². The van der Waals surface area contributed by atoms with Crippen LogP contribution >= 0.6 is 0 Å². The first-order valence-electron chi connectivity index (χ1n) is 6.77. The minimum absolute atomic E-state index is 0.685. The fourth-order valence-electron chi connectivity index (χ4n) is 2.32. The van der Waals surface area contributed by atoms with Crippen molar-refractivity contribution < 1.29 is 0 Å². The van der Waals surface area contributed by atoms with Crippen LogP contribution in [0.15, 0.2) is 42.6 Å². The largest absolute Gasteiger partial charge is 0.256 e. The standard InChI is InChI=1S/C17H21N/c1-4-14(5-2)15-7-9-16(10-8-15)17-11-6-13(3)12-18-17/h6-12,14H,4-5H2,1-3H3. The molecule has 1 nitrogen and oxygen atoms in total. The Morgan fingerprint density at radius 1 is 0.944 bits per heavy atom. The van der Waals surface area contributed by atoms with E-state index >= 15 is 0 Å². The van der Waals surface area contributed by atoms with Gasteiger partial charge in [0.25, 0.3) is 0 Å². The van der Waals surface area contributed by atoms with Gasteiger partial charge >= 0.3 is 0 Å². The number of nitrogens with zero attached hydrogens (tertiary/aromatic N) is 1. The zero-order valence-electron chi connectivity index (χ0n) is 11.5. The van der Waals surface area contributed by atoms with Crippen LogP contribution in [-0.2, 0) is 0 Å². The lowest BCUT2D eigenvalue weighted by molar-refractivity contribution is 0.642. The van der Waals surface area contributed by atoms with Crippen molar-refractivity contribution in [1.29, 1.82) is 0 Å². The van der Waals surface area contributed by atoms with Crippen molar-refractivity contribution in [2.45, 2.75) is 39.5 Å². The Morgan fingerprint density at radius 2 is 1.61 bits per heavy atom. The first kappa shape index (κ1) is 12.8. The molecule has 18 heavy (non-hydrogen) atoms. The molecular weight excluding hydrogens is 218 g/mol. The fraction of sp³-hybridized carbons (Fsp3) is 0.353. The summed E-state index contributed by atoms with van der Waals surface area (Å²) in [6.45, 7) is 6.57. The summed E-state index contributed by atoms with van der Waals surface area (Å²) in [4.78, 5) is 4.46. The molecule has 2 rings (SSSR count). The molecule has 0 radical (unpaired) electrons. The van der Waals surface area contributed by atoms with E-state index in [1.807, 2.05) is 6.20 Å². The molecule has 0 fully saturated rings. The van der Waals surface area contributed by atoms with E-state index in [1.54, 1.807) is 0 Å². The van der Waals surface area contributed by atoms with Crippen molar-refractivity contribution in [1.82, 2.24) is 4.98 Å². The van der Waals surface area contributed by atoms with Crippen LogP contribution in [0.3, 0.4) is 0 Å². The van der Waals surface area contributed by atoms with E-state index in [9.17, 15) is 0 Å². The molecular formula is C17H21N.